The monoisotopic (exact) mass is 515 g/mol. The van der Waals surface area contributed by atoms with Crippen LogP contribution in [0.1, 0.15) is 27.2 Å². The van der Waals surface area contributed by atoms with Crippen molar-refractivity contribution < 1.29 is 18.0 Å². The molecule has 0 spiro atoms. The van der Waals surface area contributed by atoms with E-state index >= 15 is 0 Å². The average molecular weight is 516 g/mol. The number of fused-ring (bicyclic) bond motifs is 8. The second-order valence-electron chi connectivity index (χ2n) is 9.11. The number of aryl methyl sites for hydroxylation is 2. The first-order valence-electron chi connectivity index (χ1n) is 11.6. The molecular weight excluding hydrogens is 496 g/mol. The molecule has 3 N–H and O–H groups in total. The molecule has 2 bridgehead atoms. The number of nitrogens with one attached hydrogen (secondary N) is 1. The van der Waals surface area contributed by atoms with E-state index < -0.39 is 11.6 Å². The Labute approximate surface area is 215 Å². The van der Waals surface area contributed by atoms with Crippen LogP contribution in [0.4, 0.5) is 14.6 Å². The Morgan fingerprint density at radius 2 is 1.65 bits per heavy atom. The first-order chi connectivity index (χ1) is 17.7. The number of amides is 1. The molecule has 6 rings (SSSR count). The second kappa shape index (κ2) is 8.42. The number of nitrogen functional groups attached to an aromatic ring is 1. The van der Waals surface area contributed by atoms with Crippen LogP contribution in [-0.2, 0) is 6.54 Å². The van der Waals surface area contributed by atoms with E-state index in [2.05, 4.69) is 10.3 Å². The Morgan fingerprint density at radius 3 is 2.41 bits per heavy atom. The van der Waals surface area contributed by atoms with Gasteiger partial charge in [0, 0.05) is 44.9 Å². The van der Waals surface area contributed by atoms with Gasteiger partial charge in [-0.25, -0.2) is 13.8 Å². The van der Waals surface area contributed by atoms with Crippen molar-refractivity contribution in [2.24, 2.45) is 0 Å². The lowest BCUT2D eigenvalue weighted by atomic mass is 9.97. The first-order valence-corrected chi connectivity index (χ1v) is 12.0. The van der Waals surface area contributed by atoms with E-state index in [1.165, 1.54) is 12.1 Å². The highest BCUT2D eigenvalue weighted by Gasteiger charge is 2.21. The number of furan rings is 2. The molecule has 0 atom stereocenters. The lowest BCUT2D eigenvalue weighted by Crippen LogP contribution is -2.24. The minimum atomic E-state index is -1.08. The fourth-order valence-corrected chi connectivity index (χ4v) is 5.10. The number of rotatable bonds is 4. The molecular formula is C29H20ClF2N3O2. The maximum absolute atomic E-state index is 14.6. The van der Waals surface area contributed by atoms with Crippen molar-refractivity contribution in [3.63, 3.8) is 0 Å². The Hall–Kier alpha value is -4.23. The van der Waals surface area contributed by atoms with E-state index in [0.29, 0.717) is 34.7 Å². The molecule has 37 heavy (non-hydrogen) atoms. The van der Waals surface area contributed by atoms with Crippen molar-refractivity contribution in [2.45, 2.75) is 20.4 Å². The van der Waals surface area contributed by atoms with Crippen molar-refractivity contribution >= 4 is 56.0 Å². The summed E-state index contributed by atoms with van der Waals surface area (Å²) in [5.41, 5.74) is 10.8. The van der Waals surface area contributed by atoms with Gasteiger partial charge >= 0.3 is 0 Å². The van der Waals surface area contributed by atoms with Crippen LogP contribution >= 0.6 is 11.6 Å². The van der Waals surface area contributed by atoms with Crippen LogP contribution in [0.25, 0.3) is 43.8 Å². The van der Waals surface area contributed by atoms with Gasteiger partial charge in [-0.2, -0.15) is 0 Å². The highest BCUT2D eigenvalue weighted by atomic mass is 35.5. The molecule has 0 radical (unpaired) electrons. The molecule has 8 heteroatoms. The van der Waals surface area contributed by atoms with Gasteiger partial charge in [0.25, 0.3) is 5.91 Å². The standard InChI is InChI=1S/C29H20ClF2N3O2/c1-13-9-24(33)35-14(2)22(13)12-34-29(36)16-4-6-19-21(11-16)28-20-10-15(3-5-18(20)27(19)37-28)17-7-8-23(30)26(32)25(17)31/h3-11H,12H2,1-2H3,(H2,33,35)(H,34,36). The maximum atomic E-state index is 14.6. The molecule has 0 unspecified atom stereocenters. The molecule has 184 valence electrons. The predicted molar refractivity (Wildman–Crippen MR) is 142 cm³/mol. The number of aromatic nitrogens is 1. The summed E-state index contributed by atoms with van der Waals surface area (Å²) in [6, 6.07) is 15.3. The molecule has 6 aromatic rings. The molecule has 0 saturated carbocycles. The predicted octanol–water partition coefficient (Wildman–Crippen LogP) is 7.30. The number of nitrogens with two attached hydrogens (primary N) is 1. The zero-order valence-corrected chi connectivity index (χ0v) is 20.6. The van der Waals surface area contributed by atoms with Gasteiger partial charge < -0.3 is 15.5 Å². The van der Waals surface area contributed by atoms with Gasteiger partial charge in [-0.3, -0.25) is 4.79 Å². The van der Waals surface area contributed by atoms with Gasteiger partial charge in [0.15, 0.2) is 11.6 Å². The average Bonchev–Trinajstić information content (AvgIpc) is 3.43. The molecule has 0 aliphatic rings. The summed E-state index contributed by atoms with van der Waals surface area (Å²) in [5, 5.41) is 5.95. The van der Waals surface area contributed by atoms with Gasteiger partial charge in [-0.1, -0.05) is 17.7 Å². The lowest BCUT2D eigenvalue weighted by molar-refractivity contribution is 0.0951. The van der Waals surface area contributed by atoms with Gasteiger partial charge in [-0.15, -0.1) is 0 Å². The van der Waals surface area contributed by atoms with Crippen molar-refractivity contribution in [1.29, 1.82) is 0 Å². The Balaban J connectivity index is 1.37. The minimum absolute atomic E-state index is 0.106. The normalized spacial score (nSPS) is 11.7. The van der Waals surface area contributed by atoms with Crippen LogP contribution < -0.4 is 11.1 Å². The van der Waals surface area contributed by atoms with E-state index in [4.69, 9.17) is 21.8 Å². The highest BCUT2D eigenvalue weighted by molar-refractivity contribution is 6.31. The number of benzene rings is 4. The first kappa shape index (κ1) is 23.2. The SMILES string of the molecule is Cc1cc(N)nc(C)c1CNC(=O)c1ccc2c(c1)c1oc2c2ccc(-c3ccc(Cl)c(F)c3F)cc21. The third-order valence-electron chi connectivity index (χ3n) is 6.83. The summed E-state index contributed by atoms with van der Waals surface area (Å²) in [6.07, 6.45) is 0. The number of halogens is 3. The summed E-state index contributed by atoms with van der Waals surface area (Å²) in [6.45, 7) is 4.11. The zero-order valence-electron chi connectivity index (χ0n) is 19.9. The smallest absolute Gasteiger partial charge is 0.251 e. The van der Waals surface area contributed by atoms with E-state index in [0.717, 1.165) is 38.4 Å². The maximum Gasteiger partial charge on any atom is 0.251 e. The zero-order chi connectivity index (χ0) is 26.0. The summed E-state index contributed by atoms with van der Waals surface area (Å²) in [5.74, 6) is -1.88. The van der Waals surface area contributed by atoms with Crippen LogP contribution in [-0.4, -0.2) is 10.9 Å². The third kappa shape index (κ3) is 3.65. The molecule has 1 amide bonds. The fourth-order valence-electron chi connectivity index (χ4n) is 4.96. The largest absolute Gasteiger partial charge is 0.455 e. The molecule has 0 saturated heterocycles. The number of nitrogens with zero attached hydrogens (tertiary/aromatic N) is 1. The molecule has 3 aromatic heterocycles. The quantitative estimate of drug-likeness (QED) is 0.191. The summed E-state index contributed by atoms with van der Waals surface area (Å²) in [7, 11) is 0. The molecule has 3 aromatic carbocycles. The van der Waals surface area contributed by atoms with Crippen molar-refractivity contribution in [3.8, 4) is 11.1 Å². The highest BCUT2D eigenvalue weighted by Crippen LogP contribution is 2.42. The number of hydrogen-bond acceptors (Lipinski definition) is 4. The van der Waals surface area contributed by atoms with E-state index in [9.17, 15) is 13.6 Å². The van der Waals surface area contributed by atoms with Gasteiger partial charge in [0.2, 0.25) is 0 Å². The minimum Gasteiger partial charge on any atom is -0.455 e. The topological polar surface area (TPSA) is 81.1 Å². The van der Waals surface area contributed by atoms with E-state index in [1.807, 2.05) is 26.0 Å². The van der Waals surface area contributed by atoms with E-state index in [1.54, 1.807) is 30.3 Å². The fraction of sp³-hybridized carbons (Fsp3) is 0.103. The molecule has 0 aliphatic carbocycles. The van der Waals surface area contributed by atoms with Crippen molar-refractivity contribution in [2.75, 3.05) is 5.73 Å². The third-order valence-corrected chi connectivity index (χ3v) is 7.12. The van der Waals surface area contributed by atoms with Crippen LogP contribution in [0.5, 0.6) is 0 Å². The molecule has 3 heterocycles. The molecule has 5 nitrogen and oxygen atoms in total. The lowest BCUT2D eigenvalue weighted by Gasteiger charge is -2.11. The number of anilines is 1. The van der Waals surface area contributed by atoms with Crippen LogP contribution in [0, 0.1) is 25.5 Å². The summed E-state index contributed by atoms with van der Waals surface area (Å²) >= 11 is 5.71. The molecule has 0 aliphatic heterocycles. The van der Waals surface area contributed by atoms with Crippen molar-refractivity contribution in [1.82, 2.24) is 10.3 Å². The van der Waals surface area contributed by atoms with Gasteiger partial charge in [0.1, 0.15) is 17.0 Å². The number of carbonyl (C=O) groups excluding carboxylic acids is 1. The van der Waals surface area contributed by atoms with Crippen LogP contribution in [0.3, 0.4) is 0 Å². The van der Waals surface area contributed by atoms with Crippen LogP contribution in [0.2, 0.25) is 5.02 Å². The number of hydrogen-bond donors (Lipinski definition) is 2. The van der Waals surface area contributed by atoms with Crippen LogP contribution in [0.15, 0.2) is 59.0 Å². The van der Waals surface area contributed by atoms with E-state index in [-0.39, 0.29) is 16.5 Å². The van der Waals surface area contributed by atoms with Crippen molar-refractivity contribution in [3.05, 3.63) is 93.6 Å². The number of carbonyl (C=O) groups is 1. The second-order valence-corrected chi connectivity index (χ2v) is 9.52. The van der Waals surface area contributed by atoms with Gasteiger partial charge in [0.05, 0.1) is 5.02 Å². The Morgan fingerprint density at radius 1 is 0.946 bits per heavy atom. The summed E-state index contributed by atoms with van der Waals surface area (Å²) in [4.78, 5) is 17.3. The molecule has 0 fully saturated rings. The Kier molecular flexibility index (Phi) is 5.28. The Bertz CT molecular complexity index is 1860. The van der Waals surface area contributed by atoms with Gasteiger partial charge in [-0.05, 0) is 79.1 Å². The number of pyridine rings is 1. The summed E-state index contributed by atoms with van der Waals surface area (Å²) < 4.78 is 34.7.